The van der Waals surface area contributed by atoms with Crippen LogP contribution in [0.3, 0.4) is 0 Å². The van der Waals surface area contributed by atoms with Gasteiger partial charge < -0.3 is 15.8 Å². The first-order valence-electron chi connectivity index (χ1n) is 9.66. The zero-order chi connectivity index (χ0) is 21.3. The lowest BCUT2D eigenvalue weighted by molar-refractivity contribution is 0.0978. The van der Waals surface area contributed by atoms with Crippen molar-refractivity contribution in [2.45, 2.75) is 13.3 Å². The molecule has 0 fully saturated rings. The van der Waals surface area contributed by atoms with Crippen molar-refractivity contribution in [3.8, 4) is 5.75 Å². The SMILES string of the molecule is CCCOc1ccc(C(=O)Nc2cccc3c2C(=O)c2ccccc2C3=O)cc1N. The lowest BCUT2D eigenvalue weighted by Gasteiger charge is -2.20. The fourth-order valence-electron chi connectivity index (χ4n) is 3.48. The number of hydrogen-bond acceptors (Lipinski definition) is 5. The van der Waals surface area contributed by atoms with Crippen molar-refractivity contribution in [2.75, 3.05) is 17.7 Å². The molecular weight excluding hydrogens is 380 g/mol. The molecule has 6 nitrogen and oxygen atoms in total. The topological polar surface area (TPSA) is 98.5 Å². The van der Waals surface area contributed by atoms with Crippen LogP contribution in [0.25, 0.3) is 0 Å². The van der Waals surface area contributed by atoms with E-state index in [-0.39, 0.29) is 28.4 Å². The number of ether oxygens (including phenoxy) is 1. The molecule has 0 saturated carbocycles. The minimum Gasteiger partial charge on any atom is -0.491 e. The van der Waals surface area contributed by atoms with E-state index in [9.17, 15) is 14.4 Å². The maximum Gasteiger partial charge on any atom is 0.255 e. The fraction of sp³-hybridized carbons (Fsp3) is 0.125. The highest BCUT2D eigenvalue weighted by atomic mass is 16.5. The molecule has 0 atom stereocenters. The Bertz CT molecular complexity index is 1180. The van der Waals surface area contributed by atoms with Gasteiger partial charge in [0.15, 0.2) is 11.6 Å². The minimum absolute atomic E-state index is 0.199. The number of benzene rings is 3. The van der Waals surface area contributed by atoms with Gasteiger partial charge in [0, 0.05) is 22.3 Å². The first kappa shape index (κ1) is 19.4. The van der Waals surface area contributed by atoms with Gasteiger partial charge in [0.2, 0.25) is 0 Å². The summed E-state index contributed by atoms with van der Waals surface area (Å²) >= 11 is 0. The summed E-state index contributed by atoms with van der Waals surface area (Å²) in [5.41, 5.74) is 8.14. The minimum atomic E-state index is -0.434. The van der Waals surface area contributed by atoms with Crippen molar-refractivity contribution < 1.29 is 19.1 Å². The molecule has 1 aliphatic rings. The molecule has 0 aliphatic heterocycles. The average Bonchev–Trinajstić information content (AvgIpc) is 2.76. The molecule has 3 N–H and O–H groups in total. The average molecular weight is 400 g/mol. The number of hydrogen-bond donors (Lipinski definition) is 2. The van der Waals surface area contributed by atoms with E-state index in [1.165, 1.54) is 6.07 Å². The number of ketones is 2. The number of carbonyl (C=O) groups excluding carboxylic acids is 3. The molecule has 30 heavy (non-hydrogen) atoms. The van der Waals surface area contributed by atoms with Crippen molar-refractivity contribution >= 4 is 28.8 Å². The number of fused-ring (bicyclic) bond motifs is 2. The van der Waals surface area contributed by atoms with E-state index in [0.29, 0.717) is 34.7 Å². The Morgan fingerprint density at radius 1 is 0.933 bits per heavy atom. The van der Waals surface area contributed by atoms with E-state index in [2.05, 4.69) is 5.32 Å². The quantitative estimate of drug-likeness (QED) is 0.492. The smallest absolute Gasteiger partial charge is 0.255 e. The third-order valence-electron chi connectivity index (χ3n) is 4.93. The number of nitrogen functional groups attached to an aromatic ring is 1. The summed E-state index contributed by atoms with van der Waals surface area (Å²) in [6, 6.07) is 16.3. The zero-order valence-corrected chi connectivity index (χ0v) is 16.4. The van der Waals surface area contributed by atoms with Gasteiger partial charge in [0.25, 0.3) is 5.91 Å². The molecule has 0 bridgehead atoms. The van der Waals surface area contributed by atoms with Gasteiger partial charge in [-0.3, -0.25) is 14.4 Å². The Hall–Kier alpha value is -3.93. The third-order valence-corrected chi connectivity index (χ3v) is 4.93. The predicted molar refractivity (Wildman–Crippen MR) is 114 cm³/mol. The number of nitrogens with one attached hydrogen (secondary N) is 1. The van der Waals surface area contributed by atoms with E-state index in [1.54, 1.807) is 54.6 Å². The van der Waals surface area contributed by atoms with Crippen molar-refractivity contribution in [2.24, 2.45) is 0 Å². The van der Waals surface area contributed by atoms with E-state index in [1.807, 2.05) is 6.92 Å². The Labute approximate surface area is 173 Å². The highest BCUT2D eigenvalue weighted by molar-refractivity contribution is 6.30. The molecule has 6 heteroatoms. The van der Waals surface area contributed by atoms with E-state index >= 15 is 0 Å². The van der Waals surface area contributed by atoms with Gasteiger partial charge in [-0.05, 0) is 30.7 Å². The molecule has 0 saturated heterocycles. The lowest BCUT2D eigenvalue weighted by Crippen LogP contribution is -2.24. The largest absolute Gasteiger partial charge is 0.491 e. The Morgan fingerprint density at radius 3 is 2.33 bits per heavy atom. The molecule has 3 aromatic carbocycles. The zero-order valence-electron chi connectivity index (χ0n) is 16.4. The van der Waals surface area contributed by atoms with Crippen LogP contribution in [0.4, 0.5) is 11.4 Å². The molecular formula is C24H20N2O4. The number of anilines is 2. The Kier molecular flexibility index (Phi) is 5.06. The fourth-order valence-corrected chi connectivity index (χ4v) is 3.48. The summed E-state index contributed by atoms with van der Waals surface area (Å²) in [5, 5.41) is 2.75. The van der Waals surface area contributed by atoms with Crippen molar-refractivity contribution in [1.29, 1.82) is 0 Å². The van der Waals surface area contributed by atoms with Gasteiger partial charge in [-0.2, -0.15) is 0 Å². The molecule has 0 spiro atoms. The van der Waals surface area contributed by atoms with E-state index < -0.39 is 5.91 Å². The summed E-state index contributed by atoms with van der Waals surface area (Å²) in [6.07, 6.45) is 0.844. The van der Waals surface area contributed by atoms with Crippen LogP contribution in [0.5, 0.6) is 5.75 Å². The normalized spacial score (nSPS) is 12.2. The molecule has 0 aromatic heterocycles. The van der Waals surface area contributed by atoms with Crippen LogP contribution in [-0.2, 0) is 0 Å². The van der Waals surface area contributed by atoms with Crippen LogP contribution in [-0.4, -0.2) is 24.1 Å². The standard InChI is InChI=1S/C24H20N2O4/c1-2-12-30-20-11-10-14(13-18(20)25)24(29)26-19-9-5-8-17-21(19)23(28)16-7-4-3-6-15(16)22(17)27/h3-11,13H,2,12,25H2,1H3,(H,26,29). The number of carbonyl (C=O) groups is 3. The molecule has 0 radical (unpaired) electrons. The van der Waals surface area contributed by atoms with Gasteiger partial charge in [0.05, 0.1) is 23.5 Å². The van der Waals surface area contributed by atoms with Crippen LogP contribution in [0, 0.1) is 0 Å². The molecule has 1 aliphatic carbocycles. The maximum absolute atomic E-state index is 13.1. The third kappa shape index (κ3) is 3.33. The van der Waals surface area contributed by atoms with Crippen molar-refractivity contribution in [3.05, 3.63) is 88.5 Å². The monoisotopic (exact) mass is 400 g/mol. The summed E-state index contributed by atoms with van der Waals surface area (Å²) in [7, 11) is 0. The second-order valence-electron chi connectivity index (χ2n) is 6.99. The molecule has 0 unspecified atom stereocenters. The van der Waals surface area contributed by atoms with Crippen LogP contribution < -0.4 is 15.8 Å². The van der Waals surface area contributed by atoms with E-state index in [0.717, 1.165) is 6.42 Å². The highest BCUT2D eigenvalue weighted by Crippen LogP contribution is 2.32. The summed E-state index contributed by atoms with van der Waals surface area (Å²) in [4.78, 5) is 38.7. The molecule has 150 valence electrons. The van der Waals surface area contributed by atoms with Gasteiger partial charge in [-0.15, -0.1) is 0 Å². The molecule has 1 amide bonds. The Morgan fingerprint density at radius 2 is 1.63 bits per heavy atom. The second-order valence-corrected chi connectivity index (χ2v) is 6.99. The van der Waals surface area contributed by atoms with Crippen molar-refractivity contribution in [3.63, 3.8) is 0 Å². The summed E-state index contributed by atoms with van der Waals surface area (Å²) in [6.45, 7) is 2.52. The first-order valence-corrected chi connectivity index (χ1v) is 9.66. The summed E-state index contributed by atoms with van der Waals surface area (Å²) < 4.78 is 5.53. The van der Waals surface area contributed by atoms with E-state index in [4.69, 9.17) is 10.5 Å². The molecule has 4 rings (SSSR count). The maximum atomic E-state index is 13.1. The van der Waals surface area contributed by atoms with Gasteiger partial charge in [0.1, 0.15) is 5.75 Å². The van der Waals surface area contributed by atoms with Crippen LogP contribution in [0.2, 0.25) is 0 Å². The predicted octanol–water partition coefficient (Wildman–Crippen LogP) is 4.09. The summed E-state index contributed by atoms with van der Waals surface area (Å²) in [5.74, 6) is -0.448. The van der Waals surface area contributed by atoms with Gasteiger partial charge in [-0.25, -0.2) is 0 Å². The second kappa shape index (κ2) is 7.83. The Balaban J connectivity index is 1.66. The van der Waals surface area contributed by atoms with Crippen LogP contribution in [0.15, 0.2) is 60.7 Å². The highest BCUT2D eigenvalue weighted by Gasteiger charge is 2.31. The lowest BCUT2D eigenvalue weighted by atomic mass is 9.83. The number of rotatable bonds is 5. The first-order chi connectivity index (χ1) is 14.5. The molecule has 3 aromatic rings. The van der Waals surface area contributed by atoms with Crippen molar-refractivity contribution in [1.82, 2.24) is 0 Å². The van der Waals surface area contributed by atoms with Crippen LogP contribution in [0.1, 0.15) is 55.5 Å². The van der Waals surface area contributed by atoms with Crippen LogP contribution >= 0.6 is 0 Å². The van der Waals surface area contributed by atoms with Gasteiger partial charge in [-0.1, -0.05) is 43.3 Å². The number of nitrogens with two attached hydrogens (primary N) is 1. The van der Waals surface area contributed by atoms with Gasteiger partial charge >= 0.3 is 0 Å². The number of amides is 1. The molecule has 0 heterocycles.